The van der Waals surface area contributed by atoms with E-state index >= 15 is 0 Å². The molecule has 0 aromatic heterocycles. The topological polar surface area (TPSA) is 111 Å². The summed E-state index contributed by atoms with van der Waals surface area (Å²) in [5.41, 5.74) is 0. The molecule has 0 aromatic carbocycles. The van der Waals surface area contributed by atoms with Gasteiger partial charge in [0.25, 0.3) is 0 Å². The van der Waals surface area contributed by atoms with Crippen LogP contribution in [0.3, 0.4) is 0 Å². The molecule has 4 aliphatic rings. The maximum Gasteiger partial charge on any atom is 0.316 e. The van der Waals surface area contributed by atoms with Gasteiger partial charge in [-0.25, -0.2) is 0 Å². The van der Waals surface area contributed by atoms with Crippen molar-refractivity contribution in [1.29, 1.82) is 0 Å². The number of aliphatic hydroxyl groups is 1. The Labute approximate surface area is 212 Å². The van der Waals surface area contributed by atoms with Gasteiger partial charge in [-0.2, -0.15) is 0 Å². The fourth-order valence-corrected chi connectivity index (χ4v) is 6.49. The fraction of sp³-hybridized carbons (Fsp3) is 0.957. The molecule has 2 bridgehead atoms. The van der Waals surface area contributed by atoms with Crippen molar-refractivity contribution in [3.63, 3.8) is 0 Å². The molecule has 0 radical (unpaired) electrons. The summed E-state index contributed by atoms with van der Waals surface area (Å²) >= 11 is 6.41. The molecule has 4 rings (SSSR count). The Morgan fingerprint density at radius 2 is 1.80 bits per heavy atom. The van der Waals surface area contributed by atoms with Gasteiger partial charge in [0.2, 0.25) is 6.29 Å². The molecule has 202 valence electrons. The fourth-order valence-electron chi connectivity index (χ4n) is 4.84. The van der Waals surface area contributed by atoms with Gasteiger partial charge in [0, 0.05) is 13.5 Å². The number of aliphatic hydroxyl groups excluding tert-OH is 1. The third-order valence-electron chi connectivity index (χ3n) is 7.64. The zero-order valence-electron chi connectivity index (χ0n) is 21.7. The summed E-state index contributed by atoms with van der Waals surface area (Å²) in [5, 5.41) is 10.5. The van der Waals surface area contributed by atoms with E-state index < -0.39 is 80.6 Å². The maximum atomic E-state index is 12.8. The van der Waals surface area contributed by atoms with Gasteiger partial charge in [-0.15, -0.1) is 11.6 Å². The van der Waals surface area contributed by atoms with E-state index in [1.54, 1.807) is 0 Å². The number of ether oxygens (including phenoxy) is 7. The third kappa shape index (κ3) is 5.32. The zero-order chi connectivity index (χ0) is 25.9. The van der Waals surface area contributed by atoms with Gasteiger partial charge in [0.1, 0.15) is 42.5 Å². The van der Waals surface area contributed by atoms with Gasteiger partial charge in [-0.1, -0.05) is 20.8 Å². The first kappa shape index (κ1) is 27.7. The van der Waals surface area contributed by atoms with E-state index in [4.69, 9.17) is 49.2 Å². The normalized spacial score (nSPS) is 41.7. The highest BCUT2D eigenvalue weighted by molar-refractivity contribution is 6.74. The Morgan fingerprint density at radius 1 is 1.11 bits per heavy atom. The molecule has 0 amide bonds. The van der Waals surface area contributed by atoms with Crippen molar-refractivity contribution in [3.05, 3.63) is 0 Å². The van der Waals surface area contributed by atoms with Crippen LogP contribution in [0.1, 0.15) is 41.0 Å². The van der Waals surface area contributed by atoms with Crippen LogP contribution in [0.2, 0.25) is 18.1 Å². The summed E-state index contributed by atoms with van der Waals surface area (Å²) in [6.45, 7) is 14.4. The van der Waals surface area contributed by atoms with Crippen LogP contribution in [0.4, 0.5) is 0 Å². The quantitative estimate of drug-likeness (QED) is 0.214. The van der Waals surface area contributed by atoms with Gasteiger partial charge in [-0.05, 0) is 32.0 Å². The first-order chi connectivity index (χ1) is 16.1. The molecule has 4 heterocycles. The van der Waals surface area contributed by atoms with E-state index in [1.165, 1.54) is 7.11 Å². The van der Waals surface area contributed by atoms with Gasteiger partial charge in [-0.3, -0.25) is 4.79 Å². The monoisotopic (exact) mass is 538 g/mol. The Bertz CT molecular complexity index is 789. The lowest BCUT2D eigenvalue weighted by molar-refractivity contribution is -0.229. The number of carbonyl (C=O) groups is 1. The number of alkyl halides is 1. The van der Waals surface area contributed by atoms with Crippen LogP contribution in [-0.4, -0.2) is 93.7 Å². The molecule has 10 atom stereocenters. The molecule has 0 aromatic rings. The van der Waals surface area contributed by atoms with Crippen molar-refractivity contribution in [2.24, 2.45) is 5.92 Å². The standard InChI is InChI=1S/C23H39ClO10Si/c1-22(2,3)35(7,8)34-15-12(29-21-18(15)32-23(4,5)33-21)9-11(25)13-16-17(28-10-27-6)14(24)20(30-16)31-19(13)26/h11-18,20-21,25H,9-10H2,1-8H3/t11-,12-,13+,14+,15+,16-,17-,18-,20+,21-/m1/s1. The van der Waals surface area contributed by atoms with Crippen molar-refractivity contribution in [2.45, 2.75) is 120 Å². The van der Waals surface area contributed by atoms with Crippen LogP contribution < -0.4 is 0 Å². The van der Waals surface area contributed by atoms with Crippen molar-refractivity contribution in [1.82, 2.24) is 0 Å². The number of esters is 1. The zero-order valence-corrected chi connectivity index (χ0v) is 23.4. The molecule has 0 spiro atoms. The van der Waals surface area contributed by atoms with Gasteiger partial charge in [0.15, 0.2) is 20.4 Å². The van der Waals surface area contributed by atoms with E-state index in [1.807, 2.05) is 13.8 Å². The van der Waals surface area contributed by atoms with E-state index in [0.717, 1.165) is 0 Å². The van der Waals surface area contributed by atoms with E-state index in [9.17, 15) is 9.90 Å². The summed E-state index contributed by atoms with van der Waals surface area (Å²) in [6, 6.07) is 0. The summed E-state index contributed by atoms with van der Waals surface area (Å²) in [6.07, 6.45) is -5.58. The molecule has 4 saturated heterocycles. The molecule has 0 aliphatic carbocycles. The highest BCUT2D eigenvalue weighted by atomic mass is 35.5. The van der Waals surface area contributed by atoms with Crippen LogP contribution in [0, 0.1) is 5.92 Å². The molecule has 10 nitrogen and oxygen atoms in total. The molecule has 4 aliphatic heterocycles. The SMILES string of the molecule is COCO[C@@H]1[C@H](Cl)[C@@H]2OC(=O)[C@@H]([C@H](O)C[C@H]3O[C@@H]4OC(C)(C)O[C@@H]4[C@H]3O[Si](C)(C)C(C)(C)C)[C@H]1O2. The van der Waals surface area contributed by atoms with Crippen molar-refractivity contribution >= 4 is 25.9 Å². The molecular formula is C23H39ClO10Si. The number of hydrogen-bond acceptors (Lipinski definition) is 10. The number of carbonyl (C=O) groups excluding carboxylic acids is 1. The van der Waals surface area contributed by atoms with Crippen LogP contribution >= 0.6 is 11.6 Å². The Morgan fingerprint density at radius 3 is 2.43 bits per heavy atom. The Kier molecular flexibility index (Phi) is 7.72. The third-order valence-corrected chi connectivity index (χ3v) is 12.6. The first-order valence-corrected chi connectivity index (χ1v) is 15.5. The van der Waals surface area contributed by atoms with Crippen LogP contribution in [-0.2, 0) is 42.4 Å². The summed E-state index contributed by atoms with van der Waals surface area (Å²) in [5.74, 6) is -2.40. The first-order valence-electron chi connectivity index (χ1n) is 12.1. The largest absolute Gasteiger partial charge is 0.434 e. The number of fused-ring (bicyclic) bond motifs is 3. The highest BCUT2D eigenvalue weighted by Crippen LogP contribution is 2.46. The van der Waals surface area contributed by atoms with Crippen molar-refractivity contribution < 1.29 is 47.5 Å². The van der Waals surface area contributed by atoms with Gasteiger partial charge >= 0.3 is 5.97 Å². The number of halogens is 1. The van der Waals surface area contributed by atoms with E-state index in [0.29, 0.717) is 0 Å². The molecule has 35 heavy (non-hydrogen) atoms. The minimum atomic E-state index is -2.24. The molecule has 4 fully saturated rings. The average molecular weight is 539 g/mol. The van der Waals surface area contributed by atoms with Crippen molar-refractivity contribution in [3.8, 4) is 0 Å². The minimum absolute atomic E-state index is 0.0283. The second-order valence-corrected chi connectivity index (χ2v) is 17.0. The summed E-state index contributed by atoms with van der Waals surface area (Å²) in [4.78, 5) is 12.8. The van der Waals surface area contributed by atoms with Crippen LogP contribution in [0.5, 0.6) is 0 Å². The lowest BCUT2D eigenvalue weighted by Crippen LogP contribution is -2.52. The number of rotatable bonds is 8. The van der Waals surface area contributed by atoms with E-state index in [2.05, 4.69) is 33.9 Å². The summed E-state index contributed by atoms with van der Waals surface area (Å²) in [7, 11) is -0.748. The lowest BCUT2D eigenvalue weighted by atomic mass is 9.88. The molecular weight excluding hydrogens is 500 g/mol. The number of methoxy groups -OCH3 is 1. The second kappa shape index (κ2) is 9.76. The summed E-state index contributed by atoms with van der Waals surface area (Å²) < 4.78 is 46.9. The number of hydrogen-bond donors (Lipinski definition) is 1. The molecule has 12 heteroatoms. The Balaban J connectivity index is 1.53. The average Bonchev–Trinajstić information content (AvgIpc) is 3.27. The second-order valence-electron chi connectivity index (χ2n) is 11.7. The van der Waals surface area contributed by atoms with Crippen LogP contribution in [0.25, 0.3) is 0 Å². The molecule has 0 unspecified atom stereocenters. The van der Waals surface area contributed by atoms with Gasteiger partial charge in [0.05, 0.1) is 12.2 Å². The van der Waals surface area contributed by atoms with Crippen molar-refractivity contribution in [2.75, 3.05) is 13.9 Å². The highest BCUT2D eigenvalue weighted by Gasteiger charge is 2.61. The Hall–Kier alpha value is -0.343. The predicted molar refractivity (Wildman–Crippen MR) is 126 cm³/mol. The lowest BCUT2D eigenvalue weighted by Gasteiger charge is -2.41. The van der Waals surface area contributed by atoms with Gasteiger partial charge < -0.3 is 42.7 Å². The predicted octanol–water partition coefficient (Wildman–Crippen LogP) is 2.50. The molecule has 0 saturated carbocycles. The minimum Gasteiger partial charge on any atom is -0.434 e. The molecule has 1 N–H and O–H groups in total. The van der Waals surface area contributed by atoms with Crippen LogP contribution in [0.15, 0.2) is 0 Å². The van der Waals surface area contributed by atoms with E-state index in [-0.39, 0.29) is 18.3 Å². The maximum absolute atomic E-state index is 12.8. The smallest absolute Gasteiger partial charge is 0.316 e.